The largest absolute Gasteiger partial charge is 0.390 e. The van der Waals surface area contributed by atoms with Gasteiger partial charge in [0, 0.05) is 25.2 Å². The molecule has 0 saturated carbocycles. The highest BCUT2D eigenvalue weighted by Gasteiger charge is 2.14. The van der Waals surface area contributed by atoms with E-state index >= 15 is 0 Å². The van der Waals surface area contributed by atoms with Crippen molar-refractivity contribution in [1.82, 2.24) is 10.2 Å². The summed E-state index contributed by atoms with van der Waals surface area (Å²) in [6.07, 6.45) is 2.03. The normalized spacial score (nSPS) is 14.2. The van der Waals surface area contributed by atoms with Crippen LogP contribution >= 0.6 is 0 Å². The van der Waals surface area contributed by atoms with Gasteiger partial charge in [0.2, 0.25) is 0 Å². The van der Waals surface area contributed by atoms with Gasteiger partial charge < -0.3 is 15.3 Å². The summed E-state index contributed by atoms with van der Waals surface area (Å²) in [5.74, 6) is 0. The van der Waals surface area contributed by atoms with E-state index in [0.29, 0.717) is 18.6 Å². The zero-order valence-corrected chi connectivity index (χ0v) is 11.0. The predicted octanol–water partition coefficient (Wildman–Crippen LogP) is 1.47. The minimum atomic E-state index is -0.266. The summed E-state index contributed by atoms with van der Waals surface area (Å²) in [6, 6.07) is 1.04. The van der Waals surface area contributed by atoms with Crippen LogP contribution in [0.5, 0.6) is 0 Å². The first-order chi connectivity index (χ1) is 7.01. The number of nitrogens with zero attached hydrogens (tertiary/aromatic N) is 1. The lowest BCUT2D eigenvalue weighted by Gasteiger charge is -2.28. The van der Waals surface area contributed by atoms with Gasteiger partial charge in [0.25, 0.3) is 0 Å². The fraction of sp³-hybridized carbons (Fsp3) is 1.00. The van der Waals surface area contributed by atoms with Crippen LogP contribution in [0.3, 0.4) is 0 Å². The number of likely N-dealkylation sites (N-methyl/N-ethyl adjacent to an activating group) is 1. The van der Waals surface area contributed by atoms with E-state index in [0.717, 1.165) is 19.4 Å². The summed E-state index contributed by atoms with van der Waals surface area (Å²) in [4.78, 5) is 2.26. The molecule has 0 aromatic heterocycles. The summed E-state index contributed by atoms with van der Waals surface area (Å²) in [5.41, 5.74) is 0. The molecule has 15 heavy (non-hydrogen) atoms. The van der Waals surface area contributed by atoms with Crippen LogP contribution in [-0.4, -0.2) is 48.3 Å². The molecule has 0 rings (SSSR count). The smallest absolute Gasteiger partial charge is 0.0791 e. The molecular formula is C12H28N2O. The Morgan fingerprint density at radius 2 is 1.73 bits per heavy atom. The van der Waals surface area contributed by atoms with Gasteiger partial charge in [0.15, 0.2) is 0 Å². The molecule has 0 fully saturated rings. The lowest BCUT2D eigenvalue weighted by atomic mass is 10.1. The van der Waals surface area contributed by atoms with E-state index in [-0.39, 0.29) is 6.10 Å². The van der Waals surface area contributed by atoms with Crippen LogP contribution in [0.1, 0.15) is 40.5 Å². The SMILES string of the molecule is CCC(CC)N(C)CC(O)CNC(C)C. The van der Waals surface area contributed by atoms with Crippen molar-refractivity contribution in [2.75, 3.05) is 20.1 Å². The Morgan fingerprint density at radius 3 is 2.13 bits per heavy atom. The lowest BCUT2D eigenvalue weighted by molar-refractivity contribution is 0.0986. The summed E-state index contributed by atoms with van der Waals surface area (Å²) in [5, 5.41) is 13.1. The Labute approximate surface area is 94.9 Å². The van der Waals surface area contributed by atoms with Gasteiger partial charge in [-0.15, -0.1) is 0 Å². The first kappa shape index (κ1) is 14.9. The molecule has 3 nitrogen and oxygen atoms in total. The van der Waals surface area contributed by atoms with E-state index in [1.807, 2.05) is 0 Å². The van der Waals surface area contributed by atoms with E-state index in [9.17, 15) is 5.11 Å². The third-order valence-electron chi connectivity index (χ3n) is 2.83. The van der Waals surface area contributed by atoms with E-state index in [1.54, 1.807) is 0 Å². The zero-order valence-electron chi connectivity index (χ0n) is 11.0. The highest BCUT2D eigenvalue weighted by Crippen LogP contribution is 2.06. The van der Waals surface area contributed by atoms with Gasteiger partial charge in [-0.1, -0.05) is 27.7 Å². The second kappa shape index (κ2) is 8.08. The van der Waals surface area contributed by atoms with Crippen LogP contribution in [0.15, 0.2) is 0 Å². The molecule has 0 aromatic carbocycles. The molecule has 0 saturated heterocycles. The first-order valence-electron chi connectivity index (χ1n) is 6.12. The summed E-state index contributed by atoms with van der Waals surface area (Å²) < 4.78 is 0. The fourth-order valence-electron chi connectivity index (χ4n) is 1.83. The van der Waals surface area contributed by atoms with Gasteiger partial charge in [-0.2, -0.15) is 0 Å². The molecular weight excluding hydrogens is 188 g/mol. The quantitative estimate of drug-likeness (QED) is 0.645. The van der Waals surface area contributed by atoms with Crippen LogP contribution in [-0.2, 0) is 0 Å². The van der Waals surface area contributed by atoms with Gasteiger partial charge in [-0.25, -0.2) is 0 Å². The molecule has 1 atom stereocenters. The highest BCUT2D eigenvalue weighted by molar-refractivity contribution is 4.71. The summed E-state index contributed by atoms with van der Waals surface area (Å²) in [7, 11) is 2.09. The molecule has 3 heteroatoms. The molecule has 0 bridgehead atoms. The Hall–Kier alpha value is -0.120. The second-order valence-electron chi connectivity index (χ2n) is 4.63. The predicted molar refractivity (Wildman–Crippen MR) is 66.1 cm³/mol. The van der Waals surface area contributed by atoms with Crippen molar-refractivity contribution in [3.8, 4) is 0 Å². The number of nitrogens with one attached hydrogen (secondary N) is 1. The number of aliphatic hydroxyl groups is 1. The molecule has 0 aromatic rings. The van der Waals surface area contributed by atoms with Crippen molar-refractivity contribution in [1.29, 1.82) is 0 Å². The van der Waals surface area contributed by atoms with Crippen LogP contribution in [0.4, 0.5) is 0 Å². The molecule has 1 unspecified atom stereocenters. The monoisotopic (exact) mass is 216 g/mol. The van der Waals surface area contributed by atoms with E-state index in [2.05, 4.69) is 45.0 Å². The minimum absolute atomic E-state index is 0.266. The molecule has 2 N–H and O–H groups in total. The molecule has 0 heterocycles. The first-order valence-corrected chi connectivity index (χ1v) is 6.12. The average Bonchev–Trinajstić information content (AvgIpc) is 2.16. The molecule has 92 valence electrons. The van der Waals surface area contributed by atoms with Gasteiger partial charge in [-0.3, -0.25) is 0 Å². The standard InChI is InChI=1S/C12H28N2O/c1-6-11(7-2)14(5)9-12(15)8-13-10(3)4/h10-13,15H,6-9H2,1-5H3. The average molecular weight is 216 g/mol. The van der Waals surface area contributed by atoms with Crippen molar-refractivity contribution < 1.29 is 5.11 Å². The Bertz CT molecular complexity index is 147. The summed E-state index contributed by atoms with van der Waals surface area (Å²) >= 11 is 0. The van der Waals surface area contributed by atoms with Gasteiger partial charge in [0.05, 0.1) is 6.10 Å². The van der Waals surface area contributed by atoms with Gasteiger partial charge in [0.1, 0.15) is 0 Å². The molecule has 0 aliphatic heterocycles. The van der Waals surface area contributed by atoms with Gasteiger partial charge >= 0.3 is 0 Å². The molecule has 0 aliphatic carbocycles. The number of hydrogen-bond acceptors (Lipinski definition) is 3. The molecule has 0 amide bonds. The van der Waals surface area contributed by atoms with E-state index in [4.69, 9.17) is 0 Å². The maximum Gasteiger partial charge on any atom is 0.0791 e. The van der Waals surface area contributed by atoms with Crippen LogP contribution in [0, 0.1) is 0 Å². The third kappa shape index (κ3) is 6.88. The minimum Gasteiger partial charge on any atom is -0.390 e. The lowest BCUT2D eigenvalue weighted by Crippen LogP contribution is -2.42. The van der Waals surface area contributed by atoms with Crippen molar-refractivity contribution in [3.63, 3.8) is 0 Å². The van der Waals surface area contributed by atoms with Crippen molar-refractivity contribution >= 4 is 0 Å². The maximum atomic E-state index is 9.80. The Morgan fingerprint density at radius 1 is 1.20 bits per heavy atom. The zero-order chi connectivity index (χ0) is 11.8. The molecule has 0 spiro atoms. The van der Waals surface area contributed by atoms with Crippen LogP contribution in [0.2, 0.25) is 0 Å². The fourth-order valence-corrected chi connectivity index (χ4v) is 1.83. The van der Waals surface area contributed by atoms with E-state index < -0.39 is 0 Å². The second-order valence-corrected chi connectivity index (χ2v) is 4.63. The number of rotatable bonds is 8. The molecule has 0 aliphatic rings. The van der Waals surface area contributed by atoms with Crippen LogP contribution in [0.25, 0.3) is 0 Å². The maximum absolute atomic E-state index is 9.80. The van der Waals surface area contributed by atoms with Crippen molar-refractivity contribution in [2.45, 2.75) is 58.7 Å². The molecule has 0 radical (unpaired) electrons. The van der Waals surface area contributed by atoms with Crippen molar-refractivity contribution in [3.05, 3.63) is 0 Å². The highest BCUT2D eigenvalue weighted by atomic mass is 16.3. The van der Waals surface area contributed by atoms with Crippen LogP contribution < -0.4 is 5.32 Å². The third-order valence-corrected chi connectivity index (χ3v) is 2.83. The Balaban J connectivity index is 3.78. The number of aliphatic hydroxyl groups excluding tert-OH is 1. The van der Waals surface area contributed by atoms with Crippen molar-refractivity contribution in [2.24, 2.45) is 0 Å². The van der Waals surface area contributed by atoms with Gasteiger partial charge in [-0.05, 0) is 19.9 Å². The topological polar surface area (TPSA) is 35.5 Å². The number of hydrogen-bond donors (Lipinski definition) is 2. The summed E-state index contributed by atoms with van der Waals surface area (Å²) in [6.45, 7) is 10.0. The van der Waals surface area contributed by atoms with E-state index in [1.165, 1.54) is 0 Å². The Kier molecular flexibility index (Phi) is 8.02.